The minimum absolute atomic E-state index is 0.0494. The van der Waals surface area contributed by atoms with Gasteiger partial charge in [0, 0.05) is 24.0 Å². The molecule has 3 nitrogen and oxygen atoms in total. The van der Waals surface area contributed by atoms with Gasteiger partial charge in [0.1, 0.15) is 5.75 Å². The average Bonchev–Trinajstić information content (AvgIpc) is 2.88. The van der Waals surface area contributed by atoms with Gasteiger partial charge in [0.15, 0.2) is 0 Å². The monoisotopic (exact) mass is 343 g/mol. The normalized spacial score (nSPS) is 18.1. The predicted molar refractivity (Wildman–Crippen MR) is 96.9 cm³/mol. The first-order chi connectivity index (χ1) is 11.7. The molecule has 1 aliphatic heterocycles. The van der Waals surface area contributed by atoms with Gasteiger partial charge in [-0.2, -0.15) is 0 Å². The van der Waals surface area contributed by atoms with E-state index in [0.29, 0.717) is 17.2 Å². The summed E-state index contributed by atoms with van der Waals surface area (Å²) in [5.74, 6) is 1.03. The fraction of sp³-hybridized carbons (Fsp3) is 0.350. The quantitative estimate of drug-likeness (QED) is 0.804. The lowest BCUT2D eigenvalue weighted by Gasteiger charge is -2.25. The van der Waals surface area contributed by atoms with Gasteiger partial charge in [-0.15, -0.1) is 0 Å². The molecule has 0 aromatic heterocycles. The van der Waals surface area contributed by atoms with Crippen LogP contribution in [-0.2, 0) is 0 Å². The fourth-order valence-electron chi connectivity index (χ4n) is 3.33. The maximum atomic E-state index is 13.0. The number of amides is 1. The Bertz CT molecular complexity index is 699. The zero-order chi connectivity index (χ0) is 16.9. The smallest absolute Gasteiger partial charge is 0.257 e. The van der Waals surface area contributed by atoms with Crippen molar-refractivity contribution in [1.29, 1.82) is 0 Å². The first-order valence-corrected chi connectivity index (χ1v) is 8.74. The number of nitrogens with zero attached hydrogens (tertiary/aromatic N) is 1. The van der Waals surface area contributed by atoms with Crippen LogP contribution in [0.5, 0.6) is 5.75 Å². The number of para-hydroxylation sites is 1. The third-order valence-corrected chi connectivity index (χ3v) is 4.89. The summed E-state index contributed by atoms with van der Waals surface area (Å²) in [6, 6.07) is 15.4. The van der Waals surface area contributed by atoms with Crippen LogP contribution in [-0.4, -0.2) is 31.0 Å². The van der Waals surface area contributed by atoms with Gasteiger partial charge in [-0.3, -0.25) is 4.79 Å². The van der Waals surface area contributed by atoms with Crippen LogP contribution in [0.15, 0.2) is 48.5 Å². The molecule has 3 rings (SSSR count). The molecule has 1 atom stereocenters. The highest BCUT2D eigenvalue weighted by molar-refractivity contribution is 6.30. The number of benzene rings is 2. The highest BCUT2D eigenvalue weighted by Crippen LogP contribution is 2.29. The van der Waals surface area contributed by atoms with Crippen molar-refractivity contribution in [3.05, 3.63) is 64.7 Å². The van der Waals surface area contributed by atoms with Crippen LogP contribution in [0.3, 0.4) is 0 Å². The van der Waals surface area contributed by atoms with Crippen LogP contribution in [0.25, 0.3) is 0 Å². The summed E-state index contributed by atoms with van der Waals surface area (Å²) in [5, 5.41) is 0.745. The lowest BCUT2D eigenvalue weighted by molar-refractivity contribution is 0.0751. The molecule has 1 aliphatic rings. The van der Waals surface area contributed by atoms with Crippen LogP contribution in [0.4, 0.5) is 0 Å². The average molecular weight is 344 g/mol. The van der Waals surface area contributed by atoms with Crippen molar-refractivity contribution < 1.29 is 9.53 Å². The minimum Gasteiger partial charge on any atom is -0.496 e. The van der Waals surface area contributed by atoms with Gasteiger partial charge >= 0.3 is 0 Å². The van der Waals surface area contributed by atoms with E-state index in [4.69, 9.17) is 16.3 Å². The number of rotatable bonds is 3. The van der Waals surface area contributed by atoms with Crippen LogP contribution < -0.4 is 4.74 Å². The number of ether oxygens (including phenoxy) is 1. The number of hydrogen-bond donors (Lipinski definition) is 0. The van der Waals surface area contributed by atoms with Crippen LogP contribution in [0.1, 0.15) is 41.1 Å². The number of carbonyl (C=O) groups is 1. The van der Waals surface area contributed by atoms with E-state index in [2.05, 4.69) is 12.1 Å². The van der Waals surface area contributed by atoms with Gasteiger partial charge in [0.2, 0.25) is 0 Å². The van der Waals surface area contributed by atoms with E-state index < -0.39 is 0 Å². The molecule has 1 unspecified atom stereocenters. The van der Waals surface area contributed by atoms with Crippen LogP contribution in [0.2, 0.25) is 5.02 Å². The van der Waals surface area contributed by atoms with E-state index in [9.17, 15) is 4.79 Å². The molecule has 126 valence electrons. The van der Waals surface area contributed by atoms with Crippen molar-refractivity contribution in [3.63, 3.8) is 0 Å². The number of halogens is 1. The van der Waals surface area contributed by atoms with Gasteiger partial charge in [-0.1, -0.05) is 42.3 Å². The molecule has 0 radical (unpaired) electrons. The van der Waals surface area contributed by atoms with Gasteiger partial charge < -0.3 is 9.64 Å². The van der Waals surface area contributed by atoms with E-state index >= 15 is 0 Å². The molecule has 4 heteroatoms. The molecule has 1 fully saturated rings. The first kappa shape index (κ1) is 16.8. The lowest BCUT2D eigenvalue weighted by atomic mass is 9.94. The molecule has 0 aliphatic carbocycles. The summed E-state index contributed by atoms with van der Waals surface area (Å²) in [5.41, 5.74) is 1.89. The molecular weight excluding hydrogens is 322 g/mol. The van der Waals surface area contributed by atoms with Crippen molar-refractivity contribution in [2.24, 2.45) is 0 Å². The molecule has 1 amide bonds. The van der Waals surface area contributed by atoms with E-state index in [1.54, 1.807) is 7.11 Å². The Balaban J connectivity index is 1.82. The Hall–Kier alpha value is -2.00. The number of hydrogen-bond acceptors (Lipinski definition) is 2. The zero-order valence-electron chi connectivity index (χ0n) is 13.9. The number of likely N-dealkylation sites (tertiary alicyclic amines) is 1. The molecule has 2 aromatic rings. The predicted octanol–water partition coefficient (Wildman–Crippen LogP) is 4.76. The summed E-state index contributed by atoms with van der Waals surface area (Å²) in [4.78, 5) is 15.0. The van der Waals surface area contributed by atoms with Gasteiger partial charge in [-0.05, 0) is 42.7 Å². The molecule has 1 heterocycles. The lowest BCUT2D eigenvalue weighted by Crippen LogP contribution is -2.34. The molecule has 24 heavy (non-hydrogen) atoms. The highest BCUT2D eigenvalue weighted by Gasteiger charge is 2.25. The van der Waals surface area contributed by atoms with Gasteiger partial charge in [-0.25, -0.2) is 0 Å². The van der Waals surface area contributed by atoms with E-state index in [1.165, 1.54) is 5.56 Å². The van der Waals surface area contributed by atoms with E-state index in [-0.39, 0.29) is 5.91 Å². The topological polar surface area (TPSA) is 29.5 Å². The first-order valence-electron chi connectivity index (χ1n) is 8.37. The summed E-state index contributed by atoms with van der Waals surface area (Å²) in [6.45, 7) is 1.53. The van der Waals surface area contributed by atoms with Crippen molar-refractivity contribution in [2.75, 3.05) is 20.2 Å². The number of carbonyl (C=O) groups excluding carboxylic acids is 1. The van der Waals surface area contributed by atoms with Gasteiger partial charge in [0.25, 0.3) is 5.91 Å². The fourth-order valence-corrected chi connectivity index (χ4v) is 3.45. The third-order valence-electron chi connectivity index (χ3n) is 4.64. The molecule has 0 N–H and O–H groups in total. The SMILES string of the molecule is COc1ccccc1C(=O)N1CCCCC(c2ccc(Cl)cc2)C1. The molecule has 0 saturated carbocycles. The molecule has 1 saturated heterocycles. The largest absolute Gasteiger partial charge is 0.496 e. The third kappa shape index (κ3) is 3.73. The molecule has 0 bridgehead atoms. The van der Waals surface area contributed by atoms with E-state index in [0.717, 1.165) is 37.4 Å². The van der Waals surface area contributed by atoms with Crippen molar-refractivity contribution in [1.82, 2.24) is 4.90 Å². The molecule has 2 aromatic carbocycles. The second kappa shape index (κ2) is 7.71. The van der Waals surface area contributed by atoms with Crippen LogP contribution in [0, 0.1) is 0 Å². The Morgan fingerprint density at radius 2 is 1.88 bits per heavy atom. The Morgan fingerprint density at radius 3 is 2.62 bits per heavy atom. The van der Waals surface area contributed by atoms with Crippen molar-refractivity contribution >= 4 is 17.5 Å². The second-order valence-electron chi connectivity index (χ2n) is 6.20. The van der Waals surface area contributed by atoms with E-state index in [1.807, 2.05) is 41.3 Å². The number of methoxy groups -OCH3 is 1. The molecular formula is C20H22ClNO2. The molecule has 0 spiro atoms. The van der Waals surface area contributed by atoms with Crippen LogP contribution >= 0.6 is 11.6 Å². The van der Waals surface area contributed by atoms with Crippen molar-refractivity contribution in [2.45, 2.75) is 25.2 Å². The maximum Gasteiger partial charge on any atom is 0.257 e. The summed E-state index contributed by atoms with van der Waals surface area (Å²) in [6.07, 6.45) is 3.26. The summed E-state index contributed by atoms with van der Waals surface area (Å²) in [7, 11) is 1.60. The Kier molecular flexibility index (Phi) is 5.41. The Morgan fingerprint density at radius 1 is 1.12 bits per heavy atom. The zero-order valence-corrected chi connectivity index (χ0v) is 14.6. The second-order valence-corrected chi connectivity index (χ2v) is 6.63. The summed E-state index contributed by atoms with van der Waals surface area (Å²) >= 11 is 6.00. The maximum absolute atomic E-state index is 13.0. The summed E-state index contributed by atoms with van der Waals surface area (Å²) < 4.78 is 5.35. The minimum atomic E-state index is 0.0494. The highest BCUT2D eigenvalue weighted by atomic mass is 35.5. The Labute approximate surface area is 148 Å². The standard InChI is InChI=1S/C20H22ClNO2/c1-24-19-8-3-2-7-18(19)20(23)22-13-5-4-6-16(14-22)15-9-11-17(21)12-10-15/h2-3,7-12,16H,4-6,13-14H2,1H3. The van der Waals surface area contributed by atoms with Crippen molar-refractivity contribution in [3.8, 4) is 5.75 Å². The van der Waals surface area contributed by atoms with Gasteiger partial charge in [0.05, 0.1) is 12.7 Å².